The van der Waals surface area contributed by atoms with Crippen LogP contribution in [0.5, 0.6) is 23.0 Å². The fourth-order valence-electron chi connectivity index (χ4n) is 10.4. The van der Waals surface area contributed by atoms with Crippen molar-refractivity contribution in [2.45, 2.75) is 241 Å². The van der Waals surface area contributed by atoms with Crippen molar-refractivity contribution in [1.29, 1.82) is 15.8 Å². The Bertz CT molecular complexity index is 4820. The minimum Gasteiger partial charge on any atom is -0.486 e. The molecular formula is C96H136F7N15O20. The Morgan fingerprint density at radius 2 is 0.717 bits per heavy atom. The molecule has 5 rings (SSSR count). The first-order chi connectivity index (χ1) is 63.0. The van der Waals surface area contributed by atoms with Crippen molar-refractivity contribution in [3.05, 3.63) is 156 Å². The van der Waals surface area contributed by atoms with Crippen LogP contribution in [0.25, 0.3) is 0 Å². The zero-order valence-corrected chi connectivity index (χ0v) is 77.2. The standard InChI is InChI=1S/C31H35F6N3O8.C21H30N4O4.C20H27FN4O4.C20H28N4O4.4CH4/c1-29(2,45-3)28(44)40-22(23(41)18-47-27(30(32,33)34)31(35,36)37)10-7-15-39-24(38)16-25(42)46-17-19-11-13-21(14-12-19)48-26(43)20-8-5-4-6-9-20;1-15-7-9-16(10-8-15)29-14-18(26)17(25-20(27)21(2,3)28-4)6-5-13-24-19(23)11-12-22;1-20(2,28-3)19(27)25-16(8-5-11-24-18(23)9-10-22)17(26)13-29-15-7-4-6-14(21)12-15;1-20(2,27-3)19(26)24-16(10-7-13-23-18(22)11-12-21)17(25)14-28-15-8-5-4-6-9-15;;;;/h4-6,8-9,11-14,22,27H,7,10,15-18H2,1-3H3,(H2,38,39)(H,40,44);7-10,17H,5-6,11,13-14H2,1-4H3,(H2,23,24)(H,25,27);4,6-7,12,16H,5,8-9,11,13H2,1-3H3,(H2,23,24)(H,25,27);4-6,8-9,16H,7,10-11,13-14H2,1-3H3,(H2,22,23)(H,24,26);4*1H4/t22-;17-;2*16-;;;;/m0000..../s1. The zero-order valence-electron chi connectivity index (χ0n) is 77.2. The molecule has 138 heavy (non-hydrogen) atoms. The van der Waals surface area contributed by atoms with E-state index in [1.807, 2.05) is 55.5 Å². The second-order valence-corrected chi connectivity index (χ2v) is 31.4. The Morgan fingerprint density at radius 3 is 1.05 bits per heavy atom. The third-order valence-corrected chi connectivity index (χ3v) is 19.2. The van der Waals surface area contributed by atoms with Crippen LogP contribution in [-0.2, 0) is 78.2 Å². The van der Waals surface area contributed by atoms with Crippen molar-refractivity contribution in [2.75, 3.05) is 81.0 Å². The Hall–Kier alpha value is -13.3. The van der Waals surface area contributed by atoms with Crippen molar-refractivity contribution < 1.29 is 126 Å². The SMILES string of the molecule is C.C.C.C.COC(C)(C)C(=O)N[C@@H](CCCN=C(N)CC#N)C(=O)COc1ccc(C)cc1.COC(C)(C)C(=O)N[C@@H](CCCN=C(N)CC#N)C(=O)COc1cccc(F)c1.COC(C)(C)C(=O)N[C@@H](CCCN=C(N)CC#N)C(=O)COc1ccccc1.COC(C)(C)C(=O)N[C@@H](CCCN=C(N)CC(=O)OCc1ccc(OC(=O)c2ccccc2)cc1)C(=O)COC(C(F)(F)F)C(F)(F)F. The zero-order chi connectivity index (χ0) is 101. The number of amides is 4. The van der Waals surface area contributed by atoms with E-state index in [0.29, 0.717) is 80.8 Å². The van der Waals surface area contributed by atoms with Crippen molar-refractivity contribution in [3.8, 4) is 41.2 Å². The number of methoxy groups -OCH3 is 4. The maximum Gasteiger partial charge on any atom is 0.423 e. The lowest BCUT2D eigenvalue weighted by atomic mass is 10.0. The molecule has 12 N–H and O–H groups in total. The van der Waals surface area contributed by atoms with Crippen LogP contribution in [-0.4, -0.2) is 228 Å². The molecule has 42 heteroatoms. The van der Waals surface area contributed by atoms with Gasteiger partial charge in [0.15, 0.2) is 23.1 Å². The number of nitrogens with one attached hydrogen (secondary N) is 4. The van der Waals surface area contributed by atoms with Gasteiger partial charge in [0.05, 0.1) is 67.2 Å². The Balaban J connectivity index is -0.00000180. The molecule has 764 valence electrons. The Kier molecular flexibility index (Phi) is 61.8. The number of nitrogens with zero attached hydrogens (tertiary/aromatic N) is 7. The van der Waals surface area contributed by atoms with Crippen LogP contribution in [0.3, 0.4) is 0 Å². The number of amidine groups is 4. The van der Waals surface area contributed by atoms with Gasteiger partial charge in [0.25, 0.3) is 23.6 Å². The summed E-state index contributed by atoms with van der Waals surface area (Å²) < 4.78 is 141. The van der Waals surface area contributed by atoms with Crippen LogP contribution in [0.15, 0.2) is 153 Å². The molecule has 5 aromatic carbocycles. The summed E-state index contributed by atoms with van der Waals surface area (Å²) in [5, 5.41) is 36.1. The average molecular weight is 1950 g/mol. The number of aryl methyl sites for hydroxylation is 1. The Morgan fingerprint density at radius 1 is 0.406 bits per heavy atom. The smallest absolute Gasteiger partial charge is 0.423 e. The number of aliphatic imine (C=N–C) groups is 4. The van der Waals surface area contributed by atoms with E-state index in [9.17, 15) is 78.7 Å². The highest BCUT2D eigenvalue weighted by Crippen LogP contribution is 2.36. The number of rotatable bonds is 53. The minimum atomic E-state index is -5.83. The molecule has 0 fully saturated rings. The molecule has 0 spiro atoms. The highest BCUT2D eigenvalue weighted by atomic mass is 19.4. The molecule has 0 aliphatic rings. The van der Waals surface area contributed by atoms with Gasteiger partial charge in [-0.2, -0.15) is 42.1 Å². The summed E-state index contributed by atoms with van der Waals surface area (Å²) in [6.45, 7) is 12.8. The second kappa shape index (κ2) is 66.2. The lowest BCUT2D eigenvalue weighted by molar-refractivity contribution is -0.319. The maximum atomic E-state index is 13.2. The normalized spacial score (nSPS) is 12.5. The van der Waals surface area contributed by atoms with E-state index in [1.165, 1.54) is 78.7 Å². The summed E-state index contributed by atoms with van der Waals surface area (Å²) in [6, 6.07) is 38.2. The maximum absolute atomic E-state index is 13.2. The molecule has 5 aromatic rings. The van der Waals surface area contributed by atoms with Gasteiger partial charge >= 0.3 is 24.3 Å². The van der Waals surface area contributed by atoms with Crippen LogP contribution < -0.4 is 63.1 Å². The number of halogens is 7. The van der Waals surface area contributed by atoms with E-state index in [2.05, 4.69) is 46.0 Å². The number of carbonyl (C=O) groups excluding carboxylic acids is 10. The third-order valence-electron chi connectivity index (χ3n) is 19.2. The number of alkyl halides is 6. The number of ketones is 4. The van der Waals surface area contributed by atoms with Gasteiger partial charge < -0.3 is 91.6 Å². The van der Waals surface area contributed by atoms with E-state index >= 15 is 0 Å². The highest BCUT2D eigenvalue weighted by molar-refractivity contribution is 5.98. The fraction of sp³-hybridized carbons (Fsp3) is 0.510. The topological polar surface area (TPSA) is 536 Å². The number of nitrogens with two attached hydrogens (primary N) is 4. The van der Waals surface area contributed by atoms with Crippen molar-refractivity contribution in [2.24, 2.45) is 42.9 Å². The minimum absolute atomic E-state index is 0. The summed E-state index contributed by atoms with van der Waals surface area (Å²) in [5.74, 6) is -3.75. The van der Waals surface area contributed by atoms with Crippen LogP contribution in [0.4, 0.5) is 30.7 Å². The van der Waals surface area contributed by atoms with Gasteiger partial charge in [-0.25, -0.2) is 9.18 Å². The van der Waals surface area contributed by atoms with Crippen LogP contribution in [0.1, 0.15) is 184 Å². The van der Waals surface area contributed by atoms with E-state index < -0.39 is 113 Å². The molecule has 0 saturated heterocycles. The van der Waals surface area contributed by atoms with Gasteiger partial charge in [-0.05, 0) is 180 Å². The molecule has 0 aliphatic carbocycles. The highest BCUT2D eigenvalue weighted by Gasteiger charge is 2.58. The molecule has 35 nitrogen and oxygen atoms in total. The van der Waals surface area contributed by atoms with Gasteiger partial charge in [0.2, 0.25) is 6.10 Å². The van der Waals surface area contributed by atoms with Crippen molar-refractivity contribution in [3.63, 3.8) is 0 Å². The second-order valence-electron chi connectivity index (χ2n) is 31.4. The molecular weight excluding hydrogens is 1820 g/mol. The number of hydrogen-bond donors (Lipinski definition) is 8. The van der Waals surface area contributed by atoms with Gasteiger partial charge in [-0.15, -0.1) is 0 Å². The number of carbonyl (C=O) groups is 10. The van der Waals surface area contributed by atoms with Gasteiger partial charge in [-0.3, -0.25) is 63.1 Å². The van der Waals surface area contributed by atoms with Crippen molar-refractivity contribution in [1.82, 2.24) is 21.3 Å². The molecule has 4 atom stereocenters. The average Bonchev–Trinajstić information content (AvgIpc) is 0.827. The van der Waals surface area contributed by atoms with Crippen LogP contribution >= 0.6 is 0 Å². The predicted molar refractivity (Wildman–Crippen MR) is 507 cm³/mol. The molecule has 4 amide bonds. The number of hydrogen-bond acceptors (Lipinski definition) is 27. The first kappa shape index (κ1) is 129. The Labute approximate surface area is 803 Å². The third kappa shape index (κ3) is 52.1. The lowest BCUT2D eigenvalue weighted by Gasteiger charge is -2.27. The number of para-hydroxylation sites is 1. The fourth-order valence-corrected chi connectivity index (χ4v) is 10.4. The van der Waals surface area contributed by atoms with Crippen molar-refractivity contribution >= 4 is 82.0 Å². The van der Waals surface area contributed by atoms with Gasteiger partial charge in [-0.1, -0.05) is 102 Å². The molecule has 0 unspecified atom stereocenters. The summed E-state index contributed by atoms with van der Waals surface area (Å²) in [4.78, 5) is 141. The van der Waals surface area contributed by atoms with Gasteiger partial charge in [0, 0.05) is 60.7 Å². The molecule has 0 heterocycles. The van der Waals surface area contributed by atoms with Gasteiger partial charge in [0.1, 0.15) is 114 Å². The number of nitriles is 3. The summed E-state index contributed by atoms with van der Waals surface area (Å²) in [5.41, 5.74) is 19.8. The molecule has 0 aromatic heterocycles. The van der Waals surface area contributed by atoms with E-state index in [4.69, 9.17) is 81.4 Å². The first-order valence-electron chi connectivity index (χ1n) is 41.9. The number of Topliss-reactive ketones (excluding diaryl/α,β-unsaturated/α-hetero) is 4. The van der Waals surface area contributed by atoms with E-state index in [-0.39, 0.29) is 159 Å². The molecule has 0 bridgehead atoms. The predicted octanol–water partition coefficient (Wildman–Crippen LogP) is 12.2. The summed E-state index contributed by atoms with van der Waals surface area (Å²) in [6.07, 6.45) is -13.9. The molecule has 0 radical (unpaired) electrons. The molecule has 0 saturated carbocycles. The summed E-state index contributed by atoms with van der Waals surface area (Å²) in [7, 11) is 5.45. The quantitative estimate of drug-likeness (QED) is 0.00447. The van der Waals surface area contributed by atoms with Crippen LogP contribution in [0, 0.1) is 46.7 Å². The molecule has 0 aliphatic heterocycles. The van der Waals surface area contributed by atoms with E-state index in [1.54, 1.807) is 108 Å². The number of benzene rings is 5. The lowest BCUT2D eigenvalue weighted by Crippen LogP contribution is -2.52. The first-order valence-corrected chi connectivity index (χ1v) is 41.9. The number of esters is 2. The van der Waals surface area contributed by atoms with Crippen LogP contribution in [0.2, 0.25) is 0 Å². The monoisotopic (exact) mass is 1950 g/mol. The van der Waals surface area contributed by atoms with E-state index in [0.717, 1.165) is 5.56 Å². The summed E-state index contributed by atoms with van der Waals surface area (Å²) >= 11 is 0. The largest absolute Gasteiger partial charge is 0.486 e. The number of ether oxygens (including phenoxy) is 10.